The summed E-state index contributed by atoms with van der Waals surface area (Å²) in [6, 6.07) is 5.08. The summed E-state index contributed by atoms with van der Waals surface area (Å²) in [7, 11) is 1.51. The Balaban J connectivity index is 3.00. The van der Waals surface area contributed by atoms with E-state index >= 15 is 0 Å². The predicted molar refractivity (Wildman–Crippen MR) is 60.8 cm³/mol. The number of hydrogen-bond acceptors (Lipinski definition) is 3. The number of amides is 1. The lowest BCUT2D eigenvalue weighted by molar-refractivity contribution is -0.246. The molecule has 0 saturated carbocycles. The normalized spacial score (nSPS) is 10.2. The average molecular weight is 243 g/mol. The summed E-state index contributed by atoms with van der Waals surface area (Å²) in [6.45, 7) is 2.34. The second-order valence-electron chi connectivity index (χ2n) is 3.34. The van der Waals surface area contributed by atoms with E-state index in [4.69, 9.17) is 16.3 Å². The zero-order valence-electron chi connectivity index (χ0n) is 9.20. The summed E-state index contributed by atoms with van der Waals surface area (Å²) in [5.74, 6) is 0. The Morgan fingerprint density at radius 2 is 2.25 bits per heavy atom. The number of methoxy groups -OCH3 is 1. The molecule has 1 rings (SSSR count). The molecule has 0 aliphatic heterocycles. The molecule has 4 nitrogen and oxygen atoms in total. The molecular formula is C11H13ClNO3-. The lowest BCUT2D eigenvalue weighted by Crippen LogP contribution is -2.43. The number of carboxylic acid groups (broad SMARTS) is 1. The quantitative estimate of drug-likeness (QED) is 0.803. The minimum absolute atomic E-state index is 0.222. The van der Waals surface area contributed by atoms with E-state index in [2.05, 4.69) is 0 Å². The summed E-state index contributed by atoms with van der Waals surface area (Å²) >= 11 is 5.83. The summed E-state index contributed by atoms with van der Waals surface area (Å²) in [5, 5.41) is 11.5. The van der Waals surface area contributed by atoms with Crippen molar-refractivity contribution in [1.82, 2.24) is 0 Å². The van der Waals surface area contributed by atoms with Gasteiger partial charge in [0.2, 0.25) is 0 Å². The molecule has 1 aromatic carbocycles. The van der Waals surface area contributed by atoms with Crippen molar-refractivity contribution in [3.8, 4) is 0 Å². The summed E-state index contributed by atoms with van der Waals surface area (Å²) in [6.07, 6.45) is -1.26. The Morgan fingerprint density at radius 3 is 2.81 bits per heavy atom. The van der Waals surface area contributed by atoms with Crippen LogP contribution < -0.4 is 10.0 Å². The highest BCUT2D eigenvalue weighted by molar-refractivity contribution is 6.31. The van der Waals surface area contributed by atoms with Gasteiger partial charge in [0.05, 0.1) is 6.61 Å². The van der Waals surface area contributed by atoms with Crippen molar-refractivity contribution in [1.29, 1.82) is 0 Å². The number of hydrogen-bond donors (Lipinski definition) is 0. The Labute approximate surface area is 99.4 Å². The first-order valence-electron chi connectivity index (χ1n) is 4.80. The number of nitrogens with zero attached hydrogens (tertiary/aromatic N) is 1. The smallest absolute Gasteiger partial charge is 0.141 e. The highest BCUT2D eigenvalue weighted by atomic mass is 35.5. The van der Waals surface area contributed by atoms with E-state index in [0.717, 1.165) is 10.5 Å². The van der Waals surface area contributed by atoms with E-state index in [1.54, 1.807) is 18.2 Å². The summed E-state index contributed by atoms with van der Waals surface area (Å²) in [5.41, 5.74) is 1.36. The van der Waals surface area contributed by atoms with Crippen molar-refractivity contribution in [3.05, 3.63) is 28.8 Å². The molecule has 0 heterocycles. The fraction of sp³-hybridized carbons (Fsp3) is 0.364. The molecule has 0 atom stereocenters. The lowest BCUT2D eigenvalue weighted by atomic mass is 10.2. The molecule has 0 fully saturated rings. The first kappa shape index (κ1) is 12.8. The van der Waals surface area contributed by atoms with E-state index in [1.165, 1.54) is 7.11 Å². The molecule has 0 bridgehead atoms. The topological polar surface area (TPSA) is 52.6 Å². The van der Waals surface area contributed by atoms with Gasteiger partial charge in [0.1, 0.15) is 6.09 Å². The van der Waals surface area contributed by atoms with Gasteiger partial charge in [-0.2, -0.15) is 0 Å². The molecule has 0 aliphatic rings. The van der Waals surface area contributed by atoms with Crippen molar-refractivity contribution >= 4 is 23.4 Å². The highest BCUT2D eigenvalue weighted by Gasteiger charge is 2.10. The number of anilines is 1. The molecule has 0 N–H and O–H groups in total. The highest BCUT2D eigenvalue weighted by Crippen LogP contribution is 2.23. The molecule has 0 unspecified atom stereocenters. The van der Waals surface area contributed by atoms with Gasteiger partial charge in [-0.25, -0.2) is 0 Å². The molecule has 0 spiro atoms. The van der Waals surface area contributed by atoms with E-state index in [-0.39, 0.29) is 6.54 Å². The zero-order valence-corrected chi connectivity index (χ0v) is 9.95. The monoisotopic (exact) mass is 242 g/mol. The zero-order chi connectivity index (χ0) is 12.1. The molecule has 0 aliphatic carbocycles. The van der Waals surface area contributed by atoms with Gasteiger partial charge in [0.25, 0.3) is 0 Å². The maximum Gasteiger partial charge on any atom is 0.141 e. The maximum atomic E-state index is 11.0. The van der Waals surface area contributed by atoms with Crippen LogP contribution in [0.5, 0.6) is 0 Å². The molecule has 0 radical (unpaired) electrons. The van der Waals surface area contributed by atoms with Crippen LogP contribution in [0.15, 0.2) is 18.2 Å². The first-order valence-corrected chi connectivity index (χ1v) is 5.17. The average Bonchev–Trinajstić information content (AvgIpc) is 2.23. The Morgan fingerprint density at radius 1 is 1.56 bits per heavy atom. The summed E-state index contributed by atoms with van der Waals surface area (Å²) in [4.78, 5) is 12.1. The van der Waals surface area contributed by atoms with Gasteiger partial charge in [-0.1, -0.05) is 17.7 Å². The molecule has 88 valence electrons. The van der Waals surface area contributed by atoms with Crippen LogP contribution in [-0.4, -0.2) is 26.4 Å². The van der Waals surface area contributed by atoms with Crippen molar-refractivity contribution in [3.63, 3.8) is 0 Å². The van der Waals surface area contributed by atoms with Crippen molar-refractivity contribution in [2.75, 3.05) is 25.2 Å². The van der Waals surface area contributed by atoms with Crippen LogP contribution in [0, 0.1) is 6.92 Å². The van der Waals surface area contributed by atoms with Gasteiger partial charge in [0, 0.05) is 24.4 Å². The minimum atomic E-state index is -1.26. The number of halogens is 1. The molecule has 0 saturated heterocycles. The van der Waals surface area contributed by atoms with Gasteiger partial charge >= 0.3 is 0 Å². The van der Waals surface area contributed by atoms with Crippen LogP contribution in [0.3, 0.4) is 0 Å². The van der Waals surface area contributed by atoms with Gasteiger partial charge in [0.15, 0.2) is 0 Å². The molecule has 0 aromatic heterocycles. The summed E-state index contributed by atoms with van der Waals surface area (Å²) < 4.78 is 4.85. The van der Waals surface area contributed by atoms with E-state index in [0.29, 0.717) is 17.3 Å². The van der Waals surface area contributed by atoms with Crippen LogP contribution in [0.25, 0.3) is 0 Å². The number of aryl methyl sites for hydroxylation is 1. The third-order valence-corrected chi connectivity index (χ3v) is 2.44. The SMILES string of the molecule is COCCN(C(=O)[O-])c1cc(Cl)ccc1C. The second-order valence-corrected chi connectivity index (χ2v) is 3.78. The third-order valence-electron chi connectivity index (χ3n) is 2.20. The fourth-order valence-electron chi connectivity index (χ4n) is 1.37. The van der Waals surface area contributed by atoms with Crippen molar-refractivity contribution in [2.45, 2.75) is 6.92 Å². The van der Waals surface area contributed by atoms with Crippen molar-refractivity contribution < 1.29 is 14.6 Å². The number of benzene rings is 1. The van der Waals surface area contributed by atoms with Crippen LogP contribution in [0.4, 0.5) is 10.5 Å². The fourth-order valence-corrected chi connectivity index (χ4v) is 1.53. The number of carbonyl (C=O) groups is 1. The largest absolute Gasteiger partial charge is 0.530 e. The Kier molecular flexibility index (Phi) is 4.58. The van der Waals surface area contributed by atoms with Gasteiger partial charge in [-0.15, -0.1) is 0 Å². The Bertz CT molecular complexity index is 381. The van der Waals surface area contributed by atoms with E-state index < -0.39 is 6.09 Å². The molecular weight excluding hydrogens is 230 g/mol. The van der Waals surface area contributed by atoms with Crippen LogP contribution in [-0.2, 0) is 4.74 Å². The number of ether oxygens (including phenoxy) is 1. The van der Waals surface area contributed by atoms with E-state index in [1.807, 2.05) is 6.92 Å². The van der Waals surface area contributed by atoms with Gasteiger partial charge < -0.3 is 19.5 Å². The van der Waals surface area contributed by atoms with Gasteiger partial charge in [-0.3, -0.25) is 0 Å². The molecule has 16 heavy (non-hydrogen) atoms. The number of carbonyl (C=O) groups excluding carboxylic acids is 1. The molecule has 5 heteroatoms. The standard InChI is InChI=1S/C11H14ClNO3/c1-8-3-4-9(12)7-10(8)13(11(14)15)5-6-16-2/h3-4,7H,5-6H2,1-2H3,(H,14,15)/p-1. The van der Waals surface area contributed by atoms with Crippen LogP contribution in [0.1, 0.15) is 5.56 Å². The maximum absolute atomic E-state index is 11.0. The molecule has 1 aromatic rings. The van der Waals surface area contributed by atoms with E-state index in [9.17, 15) is 9.90 Å². The number of rotatable bonds is 4. The first-order chi connectivity index (χ1) is 7.56. The second kappa shape index (κ2) is 5.72. The van der Waals surface area contributed by atoms with Crippen LogP contribution in [0.2, 0.25) is 5.02 Å². The molecule has 1 amide bonds. The van der Waals surface area contributed by atoms with Crippen LogP contribution >= 0.6 is 11.6 Å². The third kappa shape index (κ3) is 3.12. The lowest BCUT2D eigenvalue weighted by Gasteiger charge is -2.26. The predicted octanol–water partition coefficient (Wildman–Crippen LogP) is 1.44. The van der Waals surface area contributed by atoms with Crippen molar-refractivity contribution in [2.24, 2.45) is 0 Å². The van der Waals surface area contributed by atoms with Gasteiger partial charge in [-0.05, 0) is 24.6 Å². The minimum Gasteiger partial charge on any atom is -0.530 e. The Hall–Kier alpha value is -1.26.